The van der Waals surface area contributed by atoms with E-state index in [1.54, 1.807) is 0 Å². The molecule has 1 rings (SSSR count). The standard InChI is InChI=1S/C11H20N2O3/c12-11(16)9-5-4-8-13(9)7-3-1-2-6-10(14)15/h9H,1-8H2,(H2,12,16)(H,14,15). The maximum Gasteiger partial charge on any atom is 0.303 e. The van der Waals surface area contributed by atoms with Crippen molar-refractivity contribution in [3.05, 3.63) is 0 Å². The Labute approximate surface area is 95.6 Å². The van der Waals surface area contributed by atoms with Crippen LogP contribution in [0, 0.1) is 0 Å². The second-order valence-corrected chi connectivity index (χ2v) is 4.30. The fourth-order valence-electron chi connectivity index (χ4n) is 2.18. The first kappa shape index (κ1) is 13.0. The van der Waals surface area contributed by atoms with Gasteiger partial charge in [-0.25, -0.2) is 0 Å². The largest absolute Gasteiger partial charge is 0.481 e. The van der Waals surface area contributed by atoms with Crippen molar-refractivity contribution in [2.45, 2.75) is 44.6 Å². The maximum atomic E-state index is 11.1. The molecule has 1 atom stereocenters. The highest BCUT2D eigenvalue weighted by atomic mass is 16.4. The van der Waals surface area contributed by atoms with E-state index in [1.807, 2.05) is 0 Å². The topological polar surface area (TPSA) is 83.6 Å². The Kier molecular flexibility index (Phi) is 5.25. The highest BCUT2D eigenvalue weighted by Crippen LogP contribution is 2.17. The Bertz CT molecular complexity index is 256. The summed E-state index contributed by atoms with van der Waals surface area (Å²) in [7, 11) is 0. The molecule has 1 aliphatic heterocycles. The molecule has 92 valence electrons. The molecule has 0 saturated carbocycles. The molecular weight excluding hydrogens is 208 g/mol. The van der Waals surface area contributed by atoms with Crippen LogP contribution < -0.4 is 5.73 Å². The molecule has 1 fully saturated rings. The van der Waals surface area contributed by atoms with E-state index in [2.05, 4.69) is 4.90 Å². The van der Waals surface area contributed by atoms with E-state index in [1.165, 1.54) is 0 Å². The first-order valence-electron chi connectivity index (χ1n) is 5.86. The summed E-state index contributed by atoms with van der Waals surface area (Å²) in [5, 5.41) is 8.47. The van der Waals surface area contributed by atoms with Crippen LogP contribution in [0.4, 0.5) is 0 Å². The summed E-state index contributed by atoms with van der Waals surface area (Å²) in [5.74, 6) is -0.973. The van der Waals surface area contributed by atoms with Gasteiger partial charge in [0.2, 0.25) is 5.91 Å². The summed E-state index contributed by atoms with van der Waals surface area (Å²) >= 11 is 0. The second-order valence-electron chi connectivity index (χ2n) is 4.30. The Hall–Kier alpha value is -1.10. The van der Waals surface area contributed by atoms with Gasteiger partial charge in [-0.15, -0.1) is 0 Å². The van der Waals surface area contributed by atoms with Crippen LogP contribution >= 0.6 is 0 Å². The molecule has 1 unspecified atom stereocenters. The van der Waals surface area contributed by atoms with E-state index in [0.717, 1.165) is 38.8 Å². The van der Waals surface area contributed by atoms with Crippen molar-refractivity contribution in [3.63, 3.8) is 0 Å². The summed E-state index contributed by atoms with van der Waals surface area (Å²) in [6.45, 7) is 1.79. The van der Waals surface area contributed by atoms with Gasteiger partial charge in [-0.3, -0.25) is 14.5 Å². The summed E-state index contributed by atoms with van der Waals surface area (Å²) in [4.78, 5) is 23.5. The fourth-order valence-corrected chi connectivity index (χ4v) is 2.18. The molecule has 1 saturated heterocycles. The molecule has 1 heterocycles. The van der Waals surface area contributed by atoms with Crippen LogP contribution in [0.2, 0.25) is 0 Å². The van der Waals surface area contributed by atoms with Crippen molar-refractivity contribution < 1.29 is 14.7 Å². The molecule has 1 amide bonds. The van der Waals surface area contributed by atoms with Crippen molar-refractivity contribution >= 4 is 11.9 Å². The lowest BCUT2D eigenvalue weighted by Crippen LogP contribution is -2.40. The van der Waals surface area contributed by atoms with Gasteiger partial charge in [-0.2, -0.15) is 0 Å². The van der Waals surface area contributed by atoms with E-state index in [4.69, 9.17) is 10.8 Å². The van der Waals surface area contributed by atoms with Gasteiger partial charge in [0.25, 0.3) is 0 Å². The lowest BCUT2D eigenvalue weighted by atomic mass is 10.1. The number of carboxylic acids is 1. The molecule has 3 N–H and O–H groups in total. The Balaban J connectivity index is 2.12. The molecule has 0 aromatic heterocycles. The molecule has 5 nitrogen and oxygen atoms in total. The van der Waals surface area contributed by atoms with E-state index >= 15 is 0 Å². The average molecular weight is 228 g/mol. The minimum Gasteiger partial charge on any atom is -0.481 e. The molecule has 0 aromatic carbocycles. The minimum atomic E-state index is -0.740. The van der Waals surface area contributed by atoms with Crippen LogP contribution in [-0.4, -0.2) is 41.0 Å². The van der Waals surface area contributed by atoms with Crippen molar-refractivity contribution in [1.82, 2.24) is 4.90 Å². The first-order valence-corrected chi connectivity index (χ1v) is 5.86. The number of unbranched alkanes of at least 4 members (excludes halogenated alkanes) is 2. The molecular formula is C11H20N2O3. The number of amides is 1. The molecule has 1 aliphatic rings. The summed E-state index contributed by atoms with van der Waals surface area (Å²) in [5.41, 5.74) is 5.30. The number of carbonyl (C=O) groups excluding carboxylic acids is 1. The zero-order valence-corrected chi connectivity index (χ0v) is 9.52. The van der Waals surface area contributed by atoms with E-state index < -0.39 is 5.97 Å². The molecule has 0 radical (unpaired) electrons. The third kappa shape index (κ3) is 4.18. The maximum absolute atomic E-state index is 11.1. The van der Waals surface area contributed by atoms with Gasteiger partial charge in [0.05, 0.1) is 6.04 Å². The van der Waals surface area contributed by atoms with Gasteiger partial charge in [-0.05, 0) is 38.8 Å². The number of hydrogen-bond acceptors (Lipinski definition) is 3. The highest BCUT2D eigenvalue weighted by molar-refractivity contribution is 5.80. The minimum absolute atomic E-state index is 0.0977. The van der Waals surface area contributed by atoms with Crippen LogP contribution in [0.25, 0.3) is 0 Å². The van der Waals surface area contributed by atoms with Crippen LogP contribution in [0.15, 0.2) is 0 Å². The Morgan fingerprint density at radius 2 is 2.06 bits per heavy atom. The molecule has 0 aliphatic carbocycles. The number of hydrogen-bond donors (Lipinski definition) is 2. The van der Waals surface area contributed by atoms with Gasteiger partial charge < -0.3 is 10.8 Å². The van der Waals surface area contributed by atoms with E-state index in [0.29, 0.717) is 6.42 Å². The molecule has 0 aromatic rings. The monoisotopic (exact) mass is 228 g/mol. The normalized spacial score (nSPS) is 21.1. The number of primary amides is 1. The molecule has 0 bridgehead atoms. The SMILES string of the molecule is NC(=O)C1CCCN1CCCCCC(=O)O. The van der Waals surface area contributed by atoms with E-state index in [9.17, 15) is 9.59 Å². The number of aliphatic carboxylic acids is 1. The lowest BCUT2D eigenvalue weighted by molar-refractivity contribution is -0.137. The van der Waals surface area contributed by atoms with Crippen molar-refractivity contribution in [3.8, 4) is 0 Å². The predicted octanol–water partition coefficient (Wildman–Crippen LogP) is 0.581. The van der Waals surface area contributed by atoms with Gasteiger partial charge in [-0.1, -0.05) is 6.42 Å². The summed E-state index contributed by atoms with van der Waals surface area (Å²) < 4.78 is 0. The number of nitrogens with two attached hydrogens (primary N) is 1. The van der Waals surface area contributed by atoms with Gasteiger partial charge >= 0.3 is 5.97 Å². The number of nitrogens with zero attached hydrogens (tertiary/aromatic N) is 1. The van der Waals surface area contributed by atoms with Crippen LogP contribution in [0.1, 0.15) is 38.5 Å². The second kappa shape index (κ2) is 6.48. The van der Waals surface area contributed by atoms with Crippen LogP contribution in [-0.2, 0) is 9.59 Å². The first-order chi connectivity index (χ1) is 7.61. The Morgan fingerprint density at radius 1 is 1.31 bits per heavy atom. The van der Waals surface area contributed by atoms with Crippen LogP contribution in [0.5, 0.6) is 0 Å². The van der Waals surface area contributed by atoms with Gasteiger partial charge in [0.15, 0.2) is 0 Å². The number of carboxylic acid groups (broad SMARTS) is 1. The van der Waals surface area contributed by atoms with Gasteiger partial charge in [0, 0.05) is 6.42 Å². The van der Waals surface area contributed by atoms with Gasteiger partial charge in [0.1, 0.15) is 0 Å². The quantitative estimate of drug-likeness (QED) is 0.624. The molecule has 16 heavy (non-hydrogen) atoms. The van der Waals surface area contributed by atoms with Crippen molar-refractivity contribution in [2.75, 3.05) is 13.1 Å². The van der Waals surface area contributed by atoms with E-state index in [-0.39, 0.29) is 18.4 Å². The molecule has 0 spiro atoms. The summed E-state index contributed by atoms with van der Waals surface area (Å²) in [6.07, 6.45) is 4.68. The fraction of sp³-hybridized carbons (Fsp3) is 0.818. The zero-order valence-electron chi connectivity index (χ0n) is 9.52. The zero-order chi connectivity index (χ0) is 12.0. The predicted molar refractivity (Wildman–Crippen MR) is 59.9 cm³/mol. The number of carbonyl (C=O) groups is 2. The average Bonchev–Trinajstić information content (AvgIpc) is 2.65. The summed E-state index contributed by atoms with van der Waals surface area (Å²) in [6, 6.07) is -0.0977. The Morgan fingerprint density at radius 3 is 2.69 bits per heavy atom. The smallest absolute Gasteiger partial charge is 0.303 e. The number of rotatable bonds is 7. The van der Waals surface area contributed by atoms with Crippen molar-refractivity contribution in [1.29, 1.82) is 0 Å². The lowest BCUT2D eigenvalue weighted by Gasteiger charge is -2.21. The van der Waals surface area contributed by atoms with Crippen LogP contribution in [0.3, 0.4) is 0 Å². The third-order valence-corrected chi connectivity index (χ3v) is 3.03. The highest BCUT2D eigenvalue weighted by Gasteiger charge is 2.27. The number of likely N-dealkylation sites (tertiary alicyclic amines) is 1. The third-order valence-electron chi connectivity index (χ3n) is 3.03. The van der Waals surface area contributed by atoms with Crippen molar-refractivity contribution in [2.24, 2.45) is 5.73 Å². The molecule has 5 heteroatoms.